The highest BCUT2D eigenvalue weighted by atomic mass is 16.4. The van der Waals surface area contributed by atoms with Gasteiger partial charge in [0.15, 0.2) is 0 Å². The van der Waals surface area contributed by atoms with Gasteiger partial charge in [0.05, 0.1) is 6.10 Å². The Bertz CT molecular complexity index is 535. The van der Waals surface area contributed by atoms with Crippen LogP contribution in [0.25, 0.3) is 0 Å². The molecule has 2 fully saturated rings. The molecule has 0 aromatic rings. The lowest BCUT2D eigenvalue weighted by atomic mass is 9.62. The summed E-state index contributed by atoms with van der Waals surface area (Å²) >= 11 is 0. The molecule has 2 aliphatic rings. The Hall–Kier alpha value is -1.16. The lowest BCUT2D eigenvalue weighted by molar-refractivity contribution is -0.137. The van der Waals surface area contributed by atoms with Crippen LogP contribution in [0.5, 0.6) is 0 Å². The third-order valence-electron chi connectivity index (χ3n) is 7.36. The van der Waals surface area contributed by atoms with Crippen LogP contribution in [0.15, 0.2) is 12.2 Å². The fourth-order valence-corrected chi connectivity index (χ4v) is 5.19. The Morgan fingerprint density at radius 1 is 1.14 bits per heavy atom. The van der Waals surface area contributed by atoms with Crippen LogP contribution in [0.2, 0.25) is 0 Å². The van der Waals surface area contributed by atoms with Gasteiger partial charge in [-0.05, 0) is 49.9 Å². The first-order valence-electron chi connectivity index (χ1n) is 12.1. The first-order valence-corrected chi connectivity index (χ1v) is 12.1. The van der Waals surface area contributed by atoms with E-state index in [1.807, 2.05) is 6.08 Å². The summed E-state index contributed by atoms with van der Waals surface area (Å²) in [6.45, 7) is 2.21. The van der Waals surface area contributed by atoms with Gasteiger partial charge >= 0.3 is 5.97 Å². The van der Waals surface area contributed by atoms with Gasteiger partial charge in [-0.1, -0.05) is 70.4 Å². The SMILES string of the molecule is CCCCC1([C@@H](O)/C=C/C2CCC(=O)[C@@H]2CCCCCCCCC(=O)O)CCC1. The fourth-order valence-electron chi connectivity index (χ4n) is 5.19. The highest BCUT2D eigenvalue weighted by Crippen LogP contribution is 2.48. The molecule has 4 nitrogen and oxygen atoms in total. The van der Waals surface area contributed by atoms with Crippen molar-refractivity contribution in [1.29, 1.82) is 0 Å². The van der Waals surface area contributed by atoms with E-state index in [9.17, 15) is 14.7 Å². The molecule has 0 radical (unpaired) electrons. The maximum Gasteiger partial charge on any atom is 0.303 e. The van der Waals surface area contributed by atoms with Gasteiger partial charge in [0.25, 0.3) is 0 Å². The van der Waals surface area contributed by atoms with Crippen molar-refractivity contribution in [3.05, 3.63) is 12.2 Å². The number of carboxylic acids is 1. The van der Waals surface area contributed by atoms with Crippen LogP contribution in [0, 0.1) is 17.3 Å². The third kappa shape index (κ3) is 7.55. The molecular weight excluding hydrogens is 364 g/mol. The maximum atomic E-state index is 12.4. The second-order valence-corrected chi connectivity index (χ2v) is 9.48. The summed E-state index contributed by atoms with van der Waals surface area (Å²) in [5.41, 5.74) is 0.102. The number of unbranched alkanes of at least 4 members (excludes halogenated alkanes) is 6. The molecule has 2 saturated carbocycles. The summed E-state index contributed by atoms with van der Waals surface area (Å²) < 4.78 is 0. The molecule has 2 N–H and O–H groups in total. The molecule has 0 aromatic carbocycles. The van der Waals surface area contributed by atoms with E-state index < -0.39 is 5.97 Å². The normalized spacial score (nSPS) is 24.7. The van der Waals surface area contributed by atoms with E-state index in [0.717, 1.165) is 70.6 Å². The fraction of sp³-hybridized carbons (Fsp3) is 0.840. The average molecular weight is 407 g/mol. The number of aliphatic hydroxyl groups is 1. The number of ketones is 1. The lowest BCUT2D eigenvalue weighted by Crippen LogP contribution is -2.40. The minimum absolute atomic E-state index is 0.102. The number of carboxylic acid groups (broad SMARTS) is 1. The smallest absolute Gasteiger partial charge is 0.303 e. The molecule has 0 heterocycles. The van der Waals surface area contributed by atoms with Gasteiger partial charge < -0.3 is 10.2 Å². The number of hydrogen-bond acceptors (Lipinski definition) is 3. The van der Waals surface area contributed by atoms with Gasteiger partial charge in [-0.3, -0.25) is 9.59 Å². The van der Waals surface area contributed by atoms with E-state index in [4.69, 9.17) is 5.11 Å². The molecule has 0 aromatic heterocycles. The van der Waals surface area contributed by atoms with Gasteiger partial charge in [-0.15, -0.1) is 0 Å². The van der Waals surface area contributed by atoms with Crippen LogP contribution in [-0.2, 0) is 9.59 Å². The Balaban J connectivity index is 1.71. The molecular formula is C25H42O4. The number of aliphatic hydroxyl groups excluding tert-OH is 1. The van der Waals surface area contributed by atoms with Crippen molar-refractivity contribution >= 4 is 11.8 Å². The van der Waals surface area contributed by atoms with Crippen molar-refractivity contribution in [2.24, 2.45) is 17.3 Å². The van der Waals surface area contributed by atoms with Crippen molar-refractivity contribution in [3.8, 4) is 0 Å². The van der Waals surface area contributed by atoms with Gasteiger partial charge in [0.1, 0.15) is 5.78 Å². The number of allylic oxidation sites excluding steroid dienone is 1. The molecule has 4 heteroatoms. The molecule has 0 aliphatic heterocycles. The molecule has 2 aliphatic carbocycles. The van der Waals surface area contributed by atoms with Crippen LogP contribution < -0.4 is 0 Å². The standard InChI is InChI=1S/C25H42O4/c1-2-3-17-25(18-10-19-25)23(27)16-14-20-13-15-22(26)21(20)11-8-6-4-5-7-9-12-24(28)29/h14,16,20-21,23,27H,2-13,15,17-19H2,1H3,(H,28,29)/b16-14+/t20?,21-,23+/m1/s1. The van der Waals surface area contributed by atoms with Crippen LogP contribution in [0.3, 0.4) is 0 Å². The lowest BCUT2D eigenvalue weighted by Gasteiger charge is -2.45. The monoisotopic (exact) mass is 406 g/mol. The van der Waals surface area contributed by atoms with Crippen molar-refractivity contribution in [3.63, 3.8) is 0 Å². The van der Waals surface area contributed by atoms with Gasteiger partial charge in [0, 0.05) is 18.8 Å². The van der Waals surface area contributed by atoms with E-state index in [1.165, 1.54) is 19.3 Å². The summed E-state index contributed by atoms with van der Waals surface area (Å²) in [7, 11) is 0. The number of Topliss-reactive ketones (excluding diaryl/α,β-unsaturated/α-hetero) is 1. The zero-order valence-electron chi connectivity index (χ0n) is 18.4. The minimum Gasteiger partial charge on any atom is -0.481 e. The third-order valence-corrected chi connectivity index (χ3v) is 7.36. The van der Waals surface area contributed by atoms with Crippen LogP contribution in [0.4, 0.5) is 0 Å². The zero-order chi connectivity index (χ0) is 21.1. The van der Waals surface area contributed by atoms with E-state index in [2.05, 4.69) is 13.0 Å². The Morgan fingerprint density at radius 3 is 2.45 bits per heavy atom. The molecule has 0 amide bonds. The molecule has 0 saturated heterocycles. The summed E-state index contributed by atoms with van der Waals surface area (Å²) in [6, 6.07) is 0. The first-order chi connectivity index (χ1) is 14.0. The summed E-state index contributed by atoms with van der Waals surface area (Å²) in [4.78, 5) is 22.9. The topological polar surface area (TPSA) is 74.6 Å². The second kappa shape index (κ2) is 12.5. The predicted octanol–water partition coefficient (Wildman–Crippen LogP) is 6.06. The molecule has 166 valence electrons. The van der Waals surface area contributed by atoms with E-state index in [-0.39, 0.29) is 23.9 Å². The zero-order valence-corrected chi connectivity index (χ0v) is 18.4. The number of carbonyl (C=O) groups is 2. The summed E-state index contributed by atoms with van der Waals surface area (Å²) in [5, 5.41) is 19.5. The van der Waals surface area contributed by atoms with Crippen molar-refractivity contribution in [2.45, 2.75) is 116 Å². The summed E-state index contributed by atoms with van der Waals surface area (Å²) in [5.74, 6) is 0.136. The molecule has 1 unspecified atom stereocenters. The quantitative estimate of drug-likeness (QED) is 0.256. The average Bonchev–Trinajstić information content (AvgIpc) is 3.01. The minimum atomic E-state index is -0.706. The van der Waals surface area contributed by atoms with Crippen molar-refractivity contribution in [2.75, 3.05) is 0 Å². The Morgan fingerprint density at radius 2 is 1.83 bits per heavy atom. The highest BCUT2D eigenvalue weighted by molar-refractivity contribution is 5.83. The summed E-state index contributed by atoms with van der Waals surface area (Å²) in [6.07, 6.45) is 19.8. The van der Waals surface area contributed by atoms with Crippen LogP contribution >= 0.6 is 0 Å². The Labute approximate surface area is 177 Å². The van der Waals surface area contributed by atoms with Crippen molar-refractivity contribution in [1.82, 2.24) is 0 Å². The number of carbonyl (C=O) groups excluding carboxylic acids is 1. The number of rotatable bonds is 15. The molecule has 2 rings (SSSR count). The highest BCUT2D eigenvalue weighted by Gasteiger charge is 2.42. The molecule has 0 spiro atoms. The largest absolute Gasteiger partial charge is 0.481 e. The van der Waals surface area contributed by atoms with Crippen LogP contribution in [-0.4, -0.2) is 28.1 Å². The predicted molar refractivity (Wildman–Crippen MR) is 117 cm³/mol. The number of aliphatic carboxylic acids is 1. The Kier molecular flexibility index (Phi) is 10.4. The first kappa shape index (κ1) is 24.1. The maximum absolute atomic E-state index is 12.4. The van der Waals surface area contributed by atoms with E-state index >= 15 is 0 Å². The van der Waals surface area contributed by atoms with E-state index in [1.54, 1.807) is 0 Å². The molecule has 3 atom stereocenters. The van der Waals surface area contributed by atoms with E-state index in [0.29, 0.717) is 18.1 Å². The molecule has 29 heavy (non-hydrogen) atoms. The molecule has 0 bridgehead atoms. The van der Waals surface area contributed by atoms with Gasteiger partial charge in [0.2, 0.25) is 0 Å². The van der Waals surface area contributed by atoms with Gasteiger partial charge in [-0.2, -0.15) is 0 Å². The number of hydrogen-bond donors (Lipinski definition) is 2. The van der Waals surface area contributed by atoms with Crippen molar-refractivity contribution < 1.29 is 19.8 Å². The van der Waals surface area contributed by atoms with Gasteiger partial charge in [-0.25, -0.2) is 0 Å². The van der Waals surface area contributed by atoms with Crippen LogP contribution in [0.1, 0.15) is 110 Å². The second-order valence-electron chi connectivity index (χ2n) is 9.48.